The number of aryl methyl sites for hydroxylation is 2. The van der Waals surface area contributed by atoms with Gasteiger partial charge in [0.25, 0.3) is 5.91 Å². The van der Waals surface area contributed by atoms with Gasteiger partial charge < -0.3 is 15.0 Å². The fourth-order valence-corrected chi connectivity index (χ4v) is 2.90. The van der Waals surface area contributed by atoms with E-state index < -0.39 is 5.97 Å². The van der Waals surface area contributed by atoms with Crippen LogP contribution in [-0.4, -0.2) is 39.2 Å². The van der Waals surface area contributed by atoms with Crippen molar-refractivity contribution in [1.29, 1.82) is 0 Å². The Morgan fingerprint density at radius 3 is 2.44 bits per heavy atom. The second-order valence-electron chi connectivity index (χ2n) is 6.10. The molecule has 0 atom stereocenters. The van der Waals surface area contributed by atoms with E-state index in [0.717, 1.165) is 11.4 Å². The highest BCUT2D eigenvalue weighted by Crippen LogP contribution is 2.22. The lowest BCUT2D eigenvalue weighted by atomic mass is 10.1. The van der Waals surface area contributed by atoms with E-state index >= 15 is 0 Å². The fourth-order valence-electron chi connectivity index (χ4n) is 2.90. The Bertz CT molecular complexity index is 985. The molecule has 140 valence electrons. The third kappa shape index (κ3) is 3.59. The topological polar surface area (TPSA) is 113 Å². The number of hydrogen-bond acceptors (Lipinski definition) is 5. The molecule has 0 fully saturated rings. The second kappa shape index (κ2) is 7.45. The largest absolute Gasteiger partial charge is 0.465 e. The summed E-state index contributed by atoms with van der Waals surface area (Å²) in [6, 6.07) is 7.21. The molecule has 0 bridgehead atoms. The van der Waals surface area contributed by atoms with E-state index in [1.165, 1.54) is 7.11 Å². The lowest BCUT2D eigenvalue weighted by Gasteiger charge is -2.06. The summed E-state index contributed by atoms with van der Waals surface area (Å²) in [5.41, 5.74) is 3.49. The van der Waals surface area contributed by atoms with Crippen molar-refractivity contribution in [2.24, 2.45) is 0 Å². The van der Waals surface area contributed by atoms with E-state index in [9.17, 15) is 9.59 Å². The van der Waals surface area contributed by atoms with Crippen LogP contribution in [0.5, 0.6) is 0 Å². The standard InChI is InChI=1S/C19H21N5O3/c1-5-14-15(19(26)27-4)10(2)16(22-14)18(25)21-13-8-6-12(7-9-13)17-20-11(3)23-24-17/h6-9,22H,5H2,1-4H3,(H,21,25)(H,20,23,24). The number of amides is 1. The summed E-state index contributed by atoms with van der Waals surface area (Å²) < 4.78 is 4.82. The maximum absolute atomic E-state index is 12.7. The van der Waals surface area contributed by atoms with Gasteiger partial charge in [0.05, 0.1) is 12.7 Å². The van der Waals surface area contributed by atoms with E-state index in [1.807, 2.05) is 26.0 Å². The van der Waals surface area contributed by atoms with Gasteiger partial charge in [-0.2, -0.15) is 5.10 Å². The number of anilines is 1. The molecule has 0 spiro atoms. The average Bonchev–Trinajstić information content (AvgIpc) is 3.25. The molecule has 2 heterocycles. The van der Waals surface area contributed by atoms with Gasteiger partial charge >= 0.3 is 5.97 Å². The molecule has 1 aromatic carbocycles. The van der Waals surface area contributed by atoms with Crippen molar-refractivity contribution in [3.05, 3.63) is 52.6 Å². The van der Waals surface area contributed by atoms with Crippen LogP contribution in [0.4, 0.5) is 5.69 Å². The number of H-pyrrole nitrogens is 2. The summed E-state index contributed by atoms with van der Waals surface area (Å²) in [5, 5.41) is 9.74. The number of aromatic amines is 2. The van der Waals surface area contributed by atoms with Crippen LogP contribution in [0.25, 0.3) is 11.4 Å². The number of ether oxygens (including phenoxy) is 1. The molecule has 3 N–H and O–H groups in total. The number of hydrogen-bond donors (Lipinski definition) is 3. The maximum atomic E-state index is 12.7. The summed E-state index contributed by atoms with van der Waals surface area (Å²) in [5.74, 6) is 0.559. The Hall–Kier alpha value is -3.42. The first-order chi connectivity index (χ1) is 12.9. The first kappa shape index (κ1) is 18.4. The van der Waals surface area contributed by atoms with E-state index in [-0.39, 0.29) is 5.91 Å². The number of aromatic nitrogens is 4. The molecule has 0 saturated heterocycles. The van der Waals surface area contributed by atoms with Crippen LogP contribution in [0.15, 0.2) is 24.3 Å². The van der Waals surface area contributed by atoms with Gasteiger partial charge in [0, 0.05) is 16.9 Å². The molecule has 27 heavy (non-hydrogen) atoms. The number of nitrogens with one attached hydrogen (secondary N) is 3. The van der Waals surface area contributed by atoms with Gasteiger partial charge in [-0.3, -0.25) is 9.89 Å². The minimum Gasteiger partial charge on any atom is -0.465 e. The highest BCUT2D eigenvalue weighted by Gasteiger charge is 2.23. The molecule has 0 saturated carbocycles. The van der Waals surface area contributed by atoms with Crippen LogP contribution in [0.3, 0.4) is 0 Å². The Morgan fingerprint density at radius 2 is 1.89 bits per heavy atom. The Labute approximate surface area is 156 Å². The molecule has 0 aliphatic heterocycles. The molecule has 3 rings (SSSR count). The van der Waals surface area contributed by atoms with Crippen molar-refractivity contribution >= 4 is 17.6 Å². The number of nitrogens with zero attached hydrogens (tertiary/aromatic N) is 2. The van der Waals surface area contributed by atoms with E-state index in [1.54, 1.807) is 19.1 Å². The van der Waals surface area contributed by atoms with E-state index in [2.05, 4.69) is 25.5 Å². The first-order valence-corrected chi connectivity index (χ1v) is 8.55. The minimum atomic E-state index is -0.453. The minimum absolute atomic E-state index is 0.321. The molecule has 1 amide bonds. The Balaban J connectivity index is 1.81. The highest BCUT2D eigenvalue weighted by molar-refractivity contribution is 6.06. The predicted octanol–water partition coefficient (Wildman–Crippen LogP) is 3.02. The van der Waals surface area contributed by atoms with Gasteiger partial charge in [-0.25, -0.2) is 9.78 Å². The van der Waals surface area contributed by atoms with Crippen LogP contribution >= 0.6 is 0 Å². The number of benzene rings is 1. The van der Waals surface area contributed by atoms with Crippen LogP contribution < -0.4 is 5.32 Å². The molecular formula is C19H21N5O3. The zero-order chi connectivity index (χ0) is 19.6. The first-order valence-electron chi connectivity index (χ1n) is 8.55. The van der Waals surface area contributed by atoms with Crippen molar-refractivity contribution in [3.8, 4) is 11.4 Å². The lowest BCUT2D eigenvalue weighted by Crippen LogP contribution is -2.14. The second-order valence-corrected chi connectivity index (χ2v) is 6.10. The molecule has 0 unspecified atom stereocenters. The monoisotopic (exact) mass is 367 g/mol. The van der Waals surface area contributed by atoms with Gasteiger partial charge in [-0.15, -0.1) is 0 Å². The van der Waals surface area contributed by atoms with Gasteiger partial charge in [-0.05, 0) is 50.1 Å². The Kier molecular flexibility index (Phi) is 5.07. The maximum Gasteiger partial charge on any atom is 0.339 e. The van der Waals surface area contributed by atoms with Crippen molar-refractivity contribution in [3.63, 3.8) is 0 Å². The summed E-state index contributed by atoms with van der Waals surface area (Å²) in [6.45, 7) is 5.46. The highest BCUT2D eigenvalue weighted by atomic mass is 16.5. The third-order valence-corrected chi connectivity index (χ3v) is 4.30. The normalized spacial score (nSPS) is 10.7. The fraction of sp³-hybridized carbons (Fsp3) is 0.263. The summed E-state index contributed by atoms with van der Waals surface area (Å²) in [7, 11) is 1.32. The van der Waals surface area contributed by atoms with Gasteiger partial charge in [0.15, 0.2) is 5.82 Å². The summed E-state index contributed by atoms with van der Waals surface area (Å²) in [4.78, 5) is 32.0. The predicted molar refractivity (Wildman–Crippen MR) is 101 cm³/mol. The summed E-state index contributed by atoms with van der Waals surface area (Å²) >= 11 is 0. The smallest absolute Gasteiger partial charge is 0.339 e. The molecule has 2 aromatic heterocycles. The van der Waals surface area contributed by atoms with Crippen molar-refractivity contribution < 1.29 is 14.3 Å². The SMILES string of the molecule is CCc1[nH]c(C(=O)Nc2ccc(-c3n[nH]c(C)n3)cc2)c(C)c1C(=O)OC. The van der Waals surface area contributed by atoms with Gasteiger partial charge in [0.2, 0.25) is 0 Å². The van der Waals surface area contributed by atoms with Crippen LogP contribution in [0.1, 0.15) is 44.9 Å². The number of methoxy groups -OCH3 is 1. The number of carbonyl (C=O) groups excluding carboxylic acids is 2. The quantitative estimate of drug-likeness (QED) is 0.600. The van der Waals surface area contributed by atoms with Crippen molar-refractivity contribution in [2.45, 2.75) is 27.2 Å². The molecule has 0 radical (unpaired) electrons. The molecular weight excluding hydrogens is 346 g/mol. The lowest BCUT2D eigenvalue weighted by molar-refractivity contribution is 0.0599. The number of esters is 1. The summed E-state index contributed by atoms with van der Waals surface area (Å²) in [6.07, 6.45) is 0.587. The zero-order valence-electron chi connectivity index (χ0n) is 15.6. The van der Waals surface area contributed by atoms with Gasteiger partial charge in [-0.1, -0.05) is 6.92 Å². The van der Waals surface area contributed by atoms with Crippen LogP contribution in [-0.2, 0) is 11.2 Å². The molecule has 8 heteroatoms. The number of carbonyl (C=O) groups is 2. The molecule has 3 aromatic rings. The molecule has 0 aliphatic carbocycles. The zero-order valence-corrected chi connectivity index (χ0v) is 15.6. The molecule has 8 nitrogen and oxygen atoms in total. The van der Waals surface area contributed by atoms with Crippen molar-refractivity contribution in [2.75, 3.05) is 12.4 Å². The average molecular weight is 367 g/mol. The van der Waals surface area contributed by atoms with Crippen molar-refractivity contribution in [1.82, 2.24) is 20.2 Å². The number of rotatable bonds is 5. The third-order valence-electron chi connectivity index (χ3n) is 4.30. The van der Waals surface area contributed by atoms with Crippen LogP contribution in [0, 0.1) is 13.8 Å². The Morgan fingerprint density at radius 1 is 1.19 bits per heavy atom. The van der Waals surface area contributed by atoms with Crippen LogP contribution in [0.2, 0.25) is 0 Å². The van der Waals surface area contributed by atoms with Gasteiger partial charge in [0.1, 0.15) is 11.5 Å². The van der Waals surface area contributed by atoms with E-state index in [0.29, 0.717) is 40.4 Å². The molecule has 0 aliphatic rings. The van der Waals surface area contributed by atoms with E-state index in [4.69, 9.17) is 4.74 Å².